The van der Waals surface area contributed by atoms with Crippen molar-refractivity contribution in [2.24, 2.45) is 7.05 Å². The van der Waals surface area contributed by atoms with Crippen LogP contribution >= 0.6 is 0 Å². The highest BCUT2D eigenvalue weighted by Crippen LogP contribution is 2.16. The Kier molecular flexibility index (Phi) is 3.25. The number of hydrogen-bond acceptors (Lipinski definition) is 0. The number of rotatable bonds is 2. The minimum Gasteiger partial charge on any atom is -0.208 e. The van der Waals surface area contributed by atoms with Gasteiger partial charge in [-0.1, -0.05) is 0 Å². The minimum absolute atomic E-state index is 0.219. The van der Waals surface area contributed by atoms with Crippen molar-refractivity contribution in [1.82, 2.24) is 0 Å². The molecule has 0 saturated heterocycles. The molecule has 2 nitrogen and oxygen atoms in total. The van der Waals surface area contributed by atoms with Gasteiger partial charge in [-0.25, -0.2) is 8.96 Å². The summed E-state index contributed by atoms with van der Waals surface area (Å²) in [4.78, 5) is 0. The van der Waals surface area contributed by atoms with E-state index in [2.05, 4.69) is 24.3 Å². The van der Waals surface area contributed by atoms with Crippen molar-refractivity contribution in [3.05, 3.63) is 79.1 Å². The van der Waals surface area contributed by atoms with E-state index in [1.807, 2.05) is 41.0 Å². The number of aromatic nitrogens is 2. The van der Waals surface area contributed by atoms with E-state index >= 15 is 0 Å². The first-order valence-corrected chi connectivity index (χ1v) is 6.45. The third kappa shape index (κ3) is 2.57. The standard InChI is InChI=1S/C17H15FN2/c1-19-10-6-14(7-11-19)15-8-12-20(13-9-15)17-4-2-16(18)3-5-17/h2-13H,1H3/q+2. The maximum absolute atomic E-state index is 12.9. The summed E-state index contributed by atoms with van der Waals surface area (Å²) < 4.78 is 16.9. The highest BCUT2D eigenvalue weighted by atomic mass is 19.1. The maximum Gasteiger partial charge on any atom is 0.210 e. The monoisotopic (exact) mass is 266 g/mol. The van der Waals surface area contributed by atoms with Gasteiger partial charge in [0.15, 0.2) is 24.8 Å². The molecule has 20 heavy (non-hydrogen) atoms. The van der Waals surface area contributed by atoms with Gasteiger partial charge in [0.05, 0.1) is 0 Å². The molecule has 3 rings (SSSR count). The third-order valence-corrected chi connectivity index (χ3v) is 3.27. The van der Waals surface area contributed by atoms with Crippen LogP contribution in [0.15, 0.2) is 73.3 Å². The highest BCUT2D eigenvalue weighted by molar-refractivity contribution is 5.61. The van der Waals surface area contributed by atoms with E-state index in [9.17, 15) is 4.39 Å². The van der Waals surface area contributed by atoms with E-state index < -0.39 is 0 Å². The second-order valence-electron chi connectivity index (χ2n) is 4.72. The molecule has 0 saturated carbocycles. The van der Waals surface area contributed by atoms with Crippen LogP contribution < -0.4 is 9.13 Å². The van der Waals surface area contributed by atoms with Crippen LogP contribution in [0.2, 0.25) is 0 Å². The van der Waals surface area contributed by atoms with E-state index in [0.29, 0.717) is 0 Å². The Morgan fingerprint density at radius 2 is 1.20 bits per heavy atom. The molecule has 0 fully saturated rings. The zero-order valence-electron chi connectivity index (χ0n) is 11.2. The zero-order valence-corrected chi connectivity index (χ0v) is 11.2. The molecule has 0 unspecified atom stereocenters. The van der Waals surface area contributed by atoms with Crippen LogP contribution in [0.3, 0.4) is 0 Å². The van der Waals surface area contributed by atoms with Crippen LogP contribution in [0.25, 0.3) is 16.8 Å². The van der Waals surface area contributed by atoms with Gasteiger partial charge in [-0.05, 0) is 23.3 Å². The molecule has 0 radical (unpaired) electrons. The topological polar surface area (TPSA) is 7.76 Å². The average Bonchev–Trinajstić information content (AvgIpc) is 2.49. The lowest BCUT2D eigenvalue weighted by Crippen LogP contribution is -2.29. The van der Waals surface area contributed by atoms with Gasteiger partial charge in [0.2, 0.25) is 5.69 Å². The van der Waals surface area contributed by atoms with Crippen LogP contribution in [0.1, 0.15) is 0 Å². The molecule has 0 aliphatic rings. The van der Waals surface area contributed by atoms with Crippen molar-refractivity contribution in [2.75, 3.05) is 0 Å². The van der Waals surface area contributed by atoms with E-state index in [1.54, 1.807) is 12.1 Å². The second-order valence-corrected chi connectivity index (χ2v) is 4.72. The molecular weight excluding hydrogens is 251 g/mol. The van der Waals surface area contributed by atoms with Gasteiger partial charge in [0.25, 0.3) is 0 Å². The molecule has 0 spiro atoms. The predicted molar refractivity (Wildman–Crippen MR) is 74.5 cm³/mol. The molecule has 0 atom stereocenters. The van der Waals surface area contributed by atoms with Crippen molar-refractivity contribution in [3.63, 3.8) is 0 Å². The molecule has 2 aromatic heterocycles. The number of benzene rings is 1. The largest absolute Gasteiger partial charge is 0.210 e. The molecule has 0 aliphatic heterocycles. The Morgan fingerprint density at radius 3 is 1.75 bits per heavy atom. The molecule has 2 heterocycles. The van der Waals surface area contributed by atoms with Crippen molar-refractivity contribution in [2.45, 2.75) is 0 Å². The number of nitrogens with zero attached hydrogens (tertiary/aromatic N) is 2. The summed E-state index contributed by atoms with van der Waals surface area (Å²) in [5.74, 6) is -0.219. The predicted octanol–water partition coefficient (Wildman–Crippen LogP) is 2.59. The van der Waals surface area contributed by atoms with Gasteiger partial charge in [-0.3, -0.25) is 0 Å². The zero-order chi connectivity index (χ0) is 13.9. The number of aryl methyl sites for hydroxylation is 1. The quantitative estimate of drug-likeness (QED) is 0.630. The van der Waals surface area contributed by atoms with Crippen LogP contribution in [0.5, 0.6) is 0 Å². The molecule has 1 aromatic carbocycles. The normalized spacial score (nSPS) is 10.5. The molecule has 3 aromatic rings. The Morgan fingerprint density at radius 1 is 0.700 bits per heavy atom. The van der Waals surface area contributed by atoms with Crippen LogP contribution in [0, 0.1) is 5.82 Å². The summed E-state index contributed by atoms with van der Waals surface area (Å²) in [6.07, 6.45) is 8.01. The van der Waals surface area contributed by atoms with Gasteiger partial charge in [0, 0.05) is 36.4 Å². The van der Waals surface area contributed by atoms with Gasteiger partial charge in [0.1, 0.15) is 12.9 Å². The molecule has 0 amide bonds. The van der Waals surface area contributed by atoms with Crippen molar-refractivity contribution in [3.8, 4) is 16.8 Å². The third-order valence-electron chi connectivity index (χ3n) is 3.27. The fourth-order valence-electron chi connectivity index (χ4n) is 2.10. The first kappa shape index (κ1) is 12.5. The van der Waals surface area contributed by atoms with Crippen LogP contribution in [-0.4, -0.2) is 0 Å². The van der Waals surface area contributed by atoms with E-state index in [4.69, 9.17) is 0 Å². The molecular formula is C17H15FN2+2. The van der Waals surface area contributed by atoms with Gasteiger partial charge < -0.3 is 0 Å². The lowest BCUT2D eigenvalue weighted by Gasteiger charge is -2.00. The minimum atomic E-state index is -0.219. The average molecular weight is 266 g/mol. The molecule has 0 N–H and O–H groups in total. The first-order valence-electron chi connectivity index (χ1n) is 6.45. The van der Waals surface area contributed by atoms with E-state index in [-0.39, 0.29) is 5.82 Å². The van der Waals surface area contributed by atoms with Crippen LogP contribution in [-0.2, 0) is 7.05 Å². The SMILES string of the molecule is C[n+]1ccc(-c2cc[n+](-c3ccc(F)cc3)cc2)cc1. The van der Waals surface area contributed by atoms with Gasteiger partial charge in [-0.2, -0.15) is 4.57 Å². The molecule has 3 heteroatoms. The first-order chi connectivity index (χ1) is 9.72. The highest BCUT2D eigenvalue weighted by Gasteiger charge is 2.07. The Labute approximate surface area is 117 Å². The summed E-state index contributed by atoms with van der Waals surface area (Å²) in [6, 6.07) is 14.7. The second kappa shape index (κ2) is 5.21. The fourth-order valence-corrected chi connectivity index (χ4v) is 2.10. The smallest absolute Gasteiger partial charge is 0.208 e. The molecule has 98 valence electrons. The summed E-state index contributed by atoms with van der Waals surface area (Å²) in [7, 11) is 2.00. The molecule has 0 bridgehead atoms. The number of halogens is 1. The Hall–Kier alpha value is -2.55. The Bertz CT molecular complexity index is 637. The number of pyridine rings is 2. The van der Waals surface area contributed by atoms with E-state index in [1.165, 1.54) is 17.7 Å². The van der Waals surface area contributed by atoms with Crippen molar-refractivity contribution >= 4 is 0 Å². The summed E-state index contributed by atoms with van der Waals surface area (Å²) in [6.45, 7) is 0. The Balaban J connectivity index is 1.91. The lowest BCUT2D eigenvalue weighted by molar-refractivity contribution is -0.671. The van der Waals surface area contributed by atoms with Gasteiger partial charge >= 0.3 is 0 Å². The van der Waals surface area contributed by atoms with Crippen molar-refractivity contribution < 1.29 is 13.5 Å². The fraction of sp³-hybridized carbons (Fsp3) is 0.0588. The van der Waals surface area contributed by atoms with Gasteiger partial charge in [-0.15, -0.1) is 0 Å². The molecule has 0 aliphatic carbocycles. The summed E-state index contributed by atoms with van der Waals surface area (Å²) >= 11 is 0. The van der Waals surface area contributed by atoms with E-state index in [0.717, 1.165) is 11.3 Å². The summed E-state index contributed by atoms with van der Waals surface area (Å²) in [5, 5.41) is 0. The lowest BCUT2D eigenvalue weighted by atomic mass is 10.1. The maximum atomic E-state index is 12.9. The van der Waals surface area contributed by atoms with Crippen molar-refractivity contribution in [1.29, 1.82) is 0 Å². The number of hydrogen-bond donors (Lipinski definition) is 0. The summed E-state index contributed by atoms with van der Waals surface area (Å²) in [5.41, 5.74) is 3.27. The van der Waals surface area contributed by atoms with Crippen LogP contribution in [0.4, 0.5) is 4.39 Å².